The third-order valence-corrected chi connectivity index (χ3v) is 1.76. The number of amidine groups is 1. The fraction of sp³-hybridized carbons (Fsp3) is 0. The van der Waals surface area contributed by atoms with Gasteiger partial charge in [0.15, 0.2) is 5.84 Å². The SMILES string of the molecule is NNC1=NC(=O)c2ccccc21. The van der Waals surface area contributed by atoms with Gasteiger partial charge >= 0.3 is 0 Å². The number of aliphatic imine (C=N–C) groups is 1. The van der Waals surface area contributed by atoms with Crippen molar-refractivity contribution >= 4 is 11.7 Å². The quantitative estimate of drug-likeness (QED) is 0.417. The van der Waals surface area contributed by atoms with Crippen LogP contribution in [0.15, 0.2) is 29.3 Å². The Labute approximate surface area is 69.1 Å². The monoisotopic (exact) mass is 161 g/mol. The minimum Gasteiger partial charge on any atom is -0.308 e. The van der Waals surface area contributed by atoms with Gasteiger partial charge in [-0.3, -0.25) is 4.79 Å². The molecule has 1 heterocycles. The smallest absolute Gasteiger partial charge is 0.279 e. The van der Waals surface area contributed by atoms with E-state index in [9.17, 15) is 4.79 Å². The van der Waals surface area contributed by atoms with E-state index in [4.69, 9.17) is 5.84 Å². The highest BCUT2D eigenvalue weighted by Gasteiger charge is 2.21. The number of hydrogen-bond acceptors (Lipinski definition) is 3. The van der Waals surface area contributed by atoms with Crippen molar-refractivity contribution in [2.24, 2.45) is 10.8 Å². The summed E-state index contributed by atoms with van der Waals surface area (Å²) in [5, 5.41) is 0. The zero-order valence-corrected chi connectivity index (χ0v) is 6.24. The molecule has 0 bridgehead atoms. The molecule has 0 saturated carbocycles. The lowest BCUT2D eigenvalue weighted by Crippen LogP contribution is -2.29. The second kappa shape index (κ2) is 2.42. The zero-order chi connectivity index (χ0) is 8.55. The summed E-state index contributed by atoms with van der Waals surface area (Å²) in [7, 11) is 0. The number of nitrogens with two attached hydrogens (primary N) is 1. The van der Waals surface area contributed by atoms with Crippen LogP contribution in [0.25, 0.3) is 0 Å². The van der Waals surface area contributed by atoms with E-state index < -0.39 is 0 Å². The number of nitrogens with zero attached hydrogens (tertiary/aromatic N) is 1. The molecule has 1 amide bonds. The van der Waals surface area contributed by atoms with Gasteiger partial charge in [-0.1, -0.05) is 18.2 Å². The molecule has 1 aromatic rings. The van der Waals surface area contributed by atoms with Gasteiger partial charge in [0.05, 0.1) is 5.56 Å². The molecule has 60 valence electrons. The number of fused-ring (bicyclic) bond motifs is 1. The maximum atomic E-state index is 11.2. The molecular formula is C8H7N3O. The summed E-state index contributed by atoms with van der Waals surface area (Å²) in [6, 6.07) is 7.17. The lowest BCUT2D eigenvalue weighted by molar-refractivity contribution is 0.101. The Morgan fingerprint density at radius 1 is 1.25 bits per heavy atom. The van der Waals surface area contributed by atoms with Gasteiger partial charge in [-0.25, -0.2) is 5.84 Å². The van der Waals surface area contributed by atoms with E-state index in [1.54, 1.807) is 18.2 Å². The third-order valence-electron chi connectivity index (χ3n) is 1.76. The van der Waals surface area contributed by atoms with Crippen molar-refractivity contribution in [2.75, 3.05) is 0 Å². The van der Waals surface area contributed by atoms with Gasteiger partial charge in [-0.15, -0.1) is 0 Å². The molecule has 0 spiro atoms. The van der Waals surface area contributed by atoms with Gasteiger partial charge in [-0.05, 0) is 6.07 Å². The van der Waals surface area contributed by atoms with Crippen LogP contribution in [0.2, 0.25) is 0 Å². The maximum Gasteiger partial charge on any atom is 0.279 e. The van der Waals surface area contributed by atoms with Crippen LogP contribution in [0.5, 0.6) is 0 Å². The molecule has 1 aliphatic heterocycles. The van der Waals surface area contributed by atoms with Gasteiger partial charge in [0.25, 0.3) is 5.91 Å². The van der Waals surface area contributed by atoms with Crippen LogP contribution in [-0.4, -0.2) is 11.7 Å². The average Bonchev–Trinajstić information content (AvgIpc) is 2.44. The average molecular weight is 161 g/mol. The standard InChI is InChI=1S/C8H7N3O/c9-11-7-5-3-1-2-4-6(5)8(12)10-7/h1-4H,9H2,(H,10,11,12). The molecule has 0 atom stereocenters. The molecule has 0 aromatic heterocycles. The minimum absolute atomic E-state index is 0.237. The molecule has 1 aromatic carbocycles. The number of hydrogen-bond donors (Lipinski definition) is 2. The van der Waals surface area contributed by atoms with Crippen molar-refractivity contribution in [3.8, 4) is 0 Å². The second-order valence-electron chi connectivity index (χ2n) is 2.46. The van der Waals surface area contributed by atoms with Gasteiger partial charge in [0.1, 0.15) is 0 Å². The Morgan fingerprint density at radius 2 is 1.92 bits per heavy atom. The Kier molecular flexibility index (Phi) is 1.41. The number of benzene rings is 1. The molecule has 0 radical (unpaired) electrons. The van der Waals surface area contributed by atoms with Crippen molar-refractivity contribution in [1.82, 2.24) is 5.43 Å². The first-order valence-corrected chi connectivity index (χ1v) is 3.52. The van der Waals surface area contributed by atoms with Crippen LogP contribution in [-0.2, 0) is 0 Å². The highest BCUT2D eigenvalue weighted by Crippen LogP contribution is 2.16. The van der Waals surface area contributed by atoms with Crippen LogP contribution in [0, 0.1) is 0 Å². The molecule has 12 heavy (non-hydrogen) atoms. The molecular weight excluding hydrogens is 154 g/mol. The first kappa shape index (κ1) is 7.00. The molecule has 0 aliphatic carbocycles. The van der Waals surface area contributed by atoms with Crippen LogP contribution in [0.1, 0.15) is 15.9 Å². The summed E-state index contributed by atoms with van der Waals surface area (Å²) in [6.45, 7) is 0. The fourth-order valence-electron chi connectivity index (χ4n) is 1.21. The van der Waals surface area contributed by atoms with E-state index in [1.807, 2.05) is 6.07 Å². The van der Waals surface area contributed by atoms with Crippen LogP contribution >= 0.6 is 0 Å². The number of carbonyl (C=O) groups excluding carboxylic acids is 1. The summed E-state index contributed by atoms with van der Waals surface area (Å²) in [5.74, 6) is 5.38. The Bertz CT molecular complexity index is 370. The largest absolute Gasteiger partial charge is 0.308 e. The highest BCUT2D eigenvalue weighted by molar-refractivity contribution is 6.20. The summed E-state index contributed by atoms with van der Waals surface area (Å²) in [4.78, 5) is 14.9. The molecule has 4 heteroatoms. The number of hydrazine groups is 1. The van der Waals surface area contributed by atoms with E-state index in [0.717, 1.165) is 5.56 Å². The molecule has 1 aliphatic rings. The predicted molar refractivity (Wildman–Crippen MR) is 44.6 cm³/mol. The number of amides is 1. The first-order chi connectivity index (χ1) is 5.83. The van der Waals surface area contributed by atoms with Gasteiger partial charge < -0.3 is 5.43 Å². The summed E-state index contributed by atoms with van der Waals surface area (Å²) in [6.07, 6.45) is 0. The van der Waals surface area contributed by atoms with Gasteiger partial charge in [0, 0.05) is 5.56 Å². The summed E-state index contributed by atoms with van der Waals surface area (Å²) >= 11 is 0. The molecule has 0 unspecified atom stereocenters. The normalized spacial score (nSPS) is 14.1. The Hall–Kier alpha value is -1.68. The second-order valence-corrected chi connectivity index (χ2v) is 2.46. The van der Waals surface area contributed by atoms with Crippen LogP contribution in [0.3, 0.4) is 0 Å². The van der Waals surface area contributed by atoms with Crippen molar-refractivity contribution in [1.29, 1.82) is 0 Å². The summed E-state index contributed by atoms with van der Waals surface area (Å²) in [5.41, 5.74) is 3.75. The van der Waals surface area contributed by atoms with E-state index in [2.05, 4.69) is 10.4 Å². The van der Waals surface area contributed by atoms with Crippen molar-refractivity contribution in [3.63, 3.8) is 0 Å². The number of rotatable bonds is 0. The van der Waals surface area contributed by atoms with Crippen LogP contribution < -0.4 is 11.3 Å². The van der Waals surface area contributed by atoms with Gasteiger partial charge in [0.2, 0.25) is 0 Å². The van der Waals surface area contributed by atoms with Gasteiger partial charge in [-0.2, -0.15) is 4.99 Å². The molecule has 3 N–H and O–H groups in total. The van der Waals surface area contributed by atoms with E-state index >= 15 is 0 Å². The zero-order valence-electron chi connectivity index (χ0n) is 6.24. The number of nitrogens with one attached hydrogen (secondary N) is 1. The van der Waals surface area contributed by atoms with E-state index in [0.29, 0.717) is 11.4 Å². The van der Waals surface area contributed by atoms with Crippen molar-refractivity contribution in [3.05, 3.63) is 35.4 Å². The molecule has 4 nitrogen and oxygen atoms in total. The van der Waals surface area contributed by atoms with Crippen molar-refractivity contribution in [2.45, 2.75) is 0 Å². The molecule has 0 fully saturated rings. The Morgan fingerprint density at radius 3 is 2.58 bits per heavy atom. The lowest BCUT2D eigenvalue weighted by atomic mass is 10.1. The minimum atomic E-state index is -0.237. The third kappa shape index (κ3) is 0.820. The highest BCUT2D eigenvalue weighted by atomic mass is 16.1. The fourth-order valence-corrected chi connectivity index (χ4v) is 1.21. The lowest BCUT2D eigenvalue weighted by Gasteiger charge is -1.98. The molecule has 0 saturated heterocycles. The predicted octanol–water partition coefficient (Wildman–Crippen LogP) is 0.0503. The van der Waals surface area contributed by atoms with Crippen LogP contribution in [0.4, 0.5) is 0 Å². The number of carbonyl (C=O) groups is 1. The topological polar surface area (TPSA) is 67.5 Å². The van der Waals surface area contributed by atoms with Crippen molar-refractivity contribution < 1.29 is 4.79 Å². The molecule has 2 rings (SSSR count). The maximum absolute atomic E-state index is 11.2. The Balaban J connectivity index is 2.60. The van der Waals surface area contributed by atoms with E-state index in [1.165, 1.54) is 0 Å². The van der Waals surface area contributed by atoms with E-state index in [-0.39, 0.29) is 5.91 Å². The first-order valence-electron chi connectivity index (χ1n) is 3.52. The summed E-state index contributed by atoms with van der Waals surface area (Å²) < 4.78 is 0.